The first-order valence-corrected chi connectivity index (χ1v) is 8.72. The van der Waals surface area contributed by atoms with Gasteiger partial charge in [-0.3, -0.25) is 4.79 Å². The van der Waals surface area contributed by atoms with Crippen molar-refractivity contribution in [3.8, 4) is 12.3 Å². The molecule has 0 N–H and O–H groups in total. The quantitative estimate of drug-likeness (QED) is 0.560. The molecular weight excluding hydrogens is 387 g/mol. The number of terminal acetylenes is 1. The van der Waals surface area contributed by atoms with Crippen molar-refractivity contribution in [2.24, 2.45) is 4.99 Å². The summed E-state index contributed by atoms with van der Waals surface area (Å²) < 4.78 is 2.54. The van der Waals surface area contributed by atoms with E-state index in [4.69, 9.17) is 41.2 Å². The molecule has 7 heteroatoms. The smallest absolute Gasteiger partial charge is 0.281 e. The zero-order valence-electron chi connectivity index (χ0n) is 12.1. The molecule has 0 unspecified atom stereocenters. The summed E-state index contributed by atoms with van der Waals surface area (Å²) in [5.74, 6) is 2.10. The molecule has 0 saturated heterocycles. The van der Waals surface area contributed by atoms with Crippen LogP contribution in [0.1, 0.15) is 10.4 Å². The minimum Gasteiger partial charge on any atom is -0.303 e. The molecule has 1 heterocycles. The maximum Gasteiger partial charge on any atom is 0.281 e. The largest absolute Gasteiger partial charge is 0.303 e. The molecule has 0 atom stereocenters. The summed E-state index contributed by atoms with van der Waals surface area (Å²) >= 11 is 19.7. The van der Waals surface area contributed by atoms with Gasteiger partial charge in [-0.2, -0.15) is 4.99 Å². The van der Waals surface area contributed by atoms with Crippen LogP contribution in [0.15, 0.2) is 41.4 Å². The van der Waals surface area contributed by atoms with E-state index in [-0.39, 0.29) is 6.54 Å². The number of aromatic nitrogens is 1. The fourth-order valence-corrected chi connectivity index (χ4v) is 3.94. The van der Waals surface area contributed by atoms with Gasteiger partial charge in [0.1, 0.15) is 0 Å². The van der Waals surface area contributed by atoms with E-state index >= 15 is 0 Å². The number of benzene rings is 2. The number of thiazole rings is 1. The maximum atomic E-state index is 12.5. The minimum absolute atomic E-state index is 0.217. The number of rotatable bonds is 2. The van der Waals surface area contributed by atoms with E-state index in [2.05, 4.69) is 10.9 Å². The highest BCUT2D eigenvalue weighted by molar-refractivity contribution is 7.16. The highest BCUT2D eigenvalue weighted by Crippen LogP contribution is 2.32. The Balaban J connectivity index is 2.24. The SMILES string of the molecule is C#CCn1c(=NC(=O)c2ccccc2Cl)sc2ccc(Cl)c(Cl)c21. The van der Waals surface area contributed by atoms with Gasteiger partial charge in [-0.25, -0.2) is 0 Å². The van der Waals surface area contributed by atoms with Crippen molar-refractivity contribution < 1.29 is 4.79 Å². The Bertz CT molecular complexity index is 1060. The summed E-state index contributed by atoms with van der Waals surface area (Å²) in [6.07, 6.45) is 5.44. The number of hydrogen-bond donors (Lipinski definition) is 0. The Morgan fingerprint density at radius 1 is 1.17 bits per heavy atom. The molecule has 24 heavy (non-hydrogen) atoms. The van der Waals surface area contributed by atoms with Crippen LogP contribution in [-0.4, -0.2) is 10.5 Å². The Hall–Kier alpha value is -1.77. The summed E-state index contributed by atoms with van der Waals surface area (Å²) in [4.78, 5) is 17.1. The summed E-state index contributed by atoms with van der Waals surface area (Å²) in [5.41, 5.74) is 0.992. The van der Waals surface area contributed by atoms with E-state index < -0.39 is 5.91 Å². The number of carbonyl (C=O) groups is 1. The molecule has 0 saturated carbocycles. The fourth-order valence-electron chi connectivity index (χ4n) is 2.21. The van der Waals surface area contributed by atoms with Gasteiger partial charge in [-0.15, -0.1) is 6.42 Å². The van der Waals surface area contributed by atoms with Crippen molar-refractivity contribution in [1.82, 2.24) is 4.57 Å². The van der Waals surface area contributed by atoms with Gasteiger partial charge in [-0.1, -0.05) is 64.2 Å². The molecule has 1 amide bonds. The monoisotopic (exact) mass is 394 g/mol. The molecule has 120 valence electrons. The van der Waals surface area contributed by atoms with Gasteiger partial charge >= 0.3 is 0 Å². The van der Waals surface area contributed by atoms with Gasteiger partial charge in [0.15, 0.2) is 4.80 Å². The van der Waals surface area contributed by atoms with Crippen LogP contribution >= 0.6 is 46.1 Å². The lowest BCUT2D eigenvalue weighted by molar-refractivity contribution is 0.0998. The molecule has 3 rings (SSSR count). The van der Waals surface area contributed by atoms with Crippen LogP contribution in [0.4, 0.5) is 0 Å². The molecule has 0 bridgehead atoms. The Labute approximate surface area is 157 Å². The number of halogens is 3. The Kier molecular flexibility index (Phi) is 4.98. The number of nitrogens with zero attached hydrogens (tertiary/aromatic N) is 2. The van der Waals surface area contributed by atoms with Crippen LogP contribution in [-0.2, 0) is 6.54 Å². The second kappa shape index (κ2) is 7.00. The second-order valence-corrected chi connectivity index (χ2v) is 6.98. The van der Waals surface area contributed by atoms with Gasteiger partial charge in [-0.05, 0) is 24.3 Å². The molecule has 0 aliphatic carbocycles. The second-order valence-electron chi connectivity index (χ2n) is 4.78. The topological polar surface area (TPSA) is 34.4 Å². The van der Waals surface area contributed by atoms with Crippen LogP contribution in [0.2, 0.25) is 15.1 Å². The van der Waals surface area contributed by atoms with Crippen LogP contribution in [0.25, 0.3) is 10.2 Å². The minimum atomic E-state index is -0.444. The Morgan fingerprint density at radius 2 is 1.92 bits per heavy atom. The number of amides is 1. The first kappa shape index (κ1) is 17.1. The molecule has 2 aromatic carbocycles. The molecule has 0 aliphatic rings. The van der Waals surface area contributed by atoms with Crippen molar-refractivity contribution in [2.45, 2.75) is 6.54 Å². The van der Waals surface area contributed by atoms with Crippen molar-refractivity contribution in [3.63, 3.8) is 0 Å². The van der Waals surface area contributed by atoms with E-state index in [1.165, 1.54) is 11.3 Å². The van der Waals surface area contributed by atoms with Crippen LogP contribution < -0.4 is 4.80 Å². The van der Waals surface area contributed by atoms with Gasteiger partial charge in [0.25, 0.3) is 5.91 Å². The van der Waals surface area contributed by atoms with Crippen molar-refractivity contribution in [2.75, 3.05) is 0 Å². The van der Waals surface area contributed by atoms with E-state index in [1.807, 2.05) is 6.07 Å². The third kappa shape index (κ3) is 3.09. The predicted molar refractivity (Wildman–Crippen MR) is 100 cm³/mol. The molecule has 0 radical (unpaired) electrons. The molecule has 3 aromatic rings. The fraction of sp³-hybridized carbons (Fsp3) is 0.0588. The average molecular weight is 396 g/mol. The zero-order chi connectivity index (χ0) is 17.3. The molecule has 0 spiro atoms. The van der Waals surface area contributed by atoms with Crippen molar-refractivity contribution in [1.29, 1.82) is 0 Å². The van der Waals surface area contributed by atoms with Crippen LogP contribution in [0.3, 0.4) is 0 Å². The van der Waals surface area contributed by atoms with E-state index in [1.54, 1.807) is 34.9 Å². The third-order valence-corrected chi connectivity index (χ3v) is 5.45. The summed E-state index contributed by atoms with van der Waals surface area (Å²) in [7, 11) is 0. The number of carbonyl (C=O) groups excluding carboxylic acids is 1. The molecular formula is C17H9Cl3N2OS. The van der Waals surface area contributed by atoms with E-state index in [9.17, 15) is 4.79 Å². The zero-order valence-corrected chi connectivity index (χ0v) is 15.2. The third-order valence-electron chi connectivity index (χ3n) is 3.28. The normalized spacial score (nSPS) is 11.7. The van der Waals surface area contributed by atoms with Crippen LogP contribution in [0.5, 0.6) is 0 Å². The molecule has 0 fully saturated rings. The highest BCUT2D eigenvalue weighted by Gasteiger charge is 2.14. The lowest BCUT2D eigenvalue weighted by atomic mass is 10.2. The van der Waals surface area contributed by atoms with Crippen molar-refractivity contribution >= 4 is 62.3 Å². The Morgan fingerprint density at radius 3 is 2.62 bits per heavy atom. The standard InChI is InChI=1S/C17H9Cl3N2OS/c1-2-9-22-15-13(8-7-12(19)14(15)20)24-17(22)21-16(23)10-5-3-4-6-11(10)18/h1,3-8H,9H2. The van der Waals surface area contributed by atoms with Gasteiger partial charge in [0.2, 0.25) is 0 Å². The van der Waals surface area contributed by atoms with Crippen molar-refractivity contribution in [3.05, 3.63) is 61.8 Å². The first-order valence-electron chi connectivity index (χ1n) is 6.77. The summed E-state index contributed by atoms with van der Waals surface area (Å²) in [6, 6.07) is 10.3. The van der Waals surface area contributed by atoms with Gasteiger partial charge < -0.3 is 4.57 Å². The van der Waals surface area contributed by atoms with Gasteiger partial charge in [0.05, 0.1) is 37.4 Å². The predicted octanol–water partition coefficient (Wildman–Crippen LogP) is 5.04. The lowest BCUT2D eigenvalue weighted by Crippen LogP contribution is -2.16. The lowest BCUT2D eigenvalue weighted by Gasteiger charge is -2.03. The van der Waals surface area contributed by atoms with E-state index in [0.29, 0.717) is 30.9 Å². The van der Waals surface area contributed by atoms with Gasteiger partial charge in [0, 0.05) is 0 Å². The van der Waals surface area contributed by atoms with Crippen LogP contribution in [0, 0.1) is 12.3 Å². The highest BCUT2D eigenvalue weighted by atomic mass is 35.5. The molecule has 0 aliphatic heterocycles. The molecule has 3 nitrogen and oxygen atoms in total. The summed E-state index contributed by atoms with van der Waals surface area (Å²) in [5, 5.41) is 1.14. The average Bonchev–Trinajstić information content (AvgIpc) is 2.90. The number of hydrogen-bond acceptors (Lipinski definition) is 2. The molecule has 1 aromatic heterocycles. The van der Waals surface area contributed by atoms with E-state index in [0.717, 1.165) is 4.70 Å². The first-order chi connectivity index (χ1) is 11.5. The number of fused-ring (bicyclic) bond motifs is 1. The summed E-state index contributed by atoms with van der Waals surface area (Å²) in [6.45, 7) is 0.217. The maximum absolute atomic E-state index is 12.5.